The van der Waals surface area contributed by atoms with Crippen LogP contribution in [0, 0.1) is 17.8 Å². The molecule has 1 fully saturated rings. The Bertz CT molecular complexity index is 119. The molecule has 0 radical (unpaired) electrons. The van der Waals surface area contributed by atoms with E-state index in [-0.39, 0.29) is 0 Å². The van der Waals surface area contributed by atoms with Crippen LogP contribution < -0.4 is 4.90 Å². The molecule has 1 heterocycles. The van der Waals surface area contributed by atoms with E-state index in [1.54, 1.807) is 0 Å². The molecule has 1 rings (SSSR count). The summed E-state index contributed by atoms with van der Waals surface area (Å²) in [5, 5.41) is 6.25. The number of nitrogens with zero attached hydrogens (tertiary/aromatic N) is 1. The summed E-state index contributed by atoms with van der Waals surface area (Å²) in [6.45, 7) is 13.7. The topological polar surface area (TPSA) is 28.2 Å². The third-order valence-corrected chi connectivity index (χ3v) is 2.78. The molecule has 0 aromatic carbocycles. The molecule has 0 saturated carbocycles. The van der Waals surface area contributed by atoms with Gasteiger partial charge in [-0.3, -0.25) is 0 Å². The van der Waals surface area contributed by atoms with Crippen LogP contribution in [0.25, 0.3) is 0 Å². The van der Waals surface area contributed by atoms with Crippen molar-refractivity contribution < 1.29 is 4.90 Å². The Morgan fingerprint density at radius 1 is 1.31 bits per heavy atom. The van der Waals surface area contributed by atoms with E-state index in [2.05, 4.69) is 13.8 Å². The fraction of sp³-hybridized carbons (Fsp3) is 0.909. The van der Waals surface area contributed by atoms with Crippen molar-refractivity contribution in [3.05, 3.63) is 6.57 Å². The summed E-state index contributed by atoms with van der Waals surface area (Å²) < 4.78 is 0. The summed E-state index contributed by atoms with van der Waals surface area (Å²) in [4.78, 5) is 1.85. The first-order valence-corrected chi connectivity index (χ1v) is 5.42. The molecule has 13 heavy (non-hydrogen) atoms. The van der Waals surface area contributed by atoms with Gasteiger partial charge in [0.05, 0.1) is 19.6 Å². The van der Waals surface area contributed by atoms with Gasteiger partial charge in [0.2, 0.25) is 0 Å². The molecule has 0 aromatic heterocycles. The van der Waals surface area contributed by atoms with Crippen molar-refractivity contribution in [2.45, 2.75) is 39.5 Å². The zero-order chi connectivity index (χ0) is 10.1. The van der Waals surface area contributed by atoms with E-state index < -0.39 is 0 Å². The minimum absolute atomic E-state index is 1.06. The highest BCUT2D eigenvalue weighted by Crippen LogP contribution is 2.10. The van der Waals surface area contributed by atoms with Crippen LogP contribution in [0.5, 0.6) is 0 Å². The van der Waals surface area contributed by atoms with Crippen LogP contribution >= 0.6 is 0 Å². The van der Waals surface area contributed by atoms with Gasteiger partial charge >= 0.3 is 0 Å². The van der Waals surface area contributed by atoms with Crippen molar-refractivity contribution >= 4 is 0 Å². The van der Waals surface area contributed by atoms with E-state index in [1.165, 1.54) is 45.3 Å². The van der Waals surface area contributed by atoms with Crippen molar-refractivity contribution in [3.8, 4) is 0 Å². The van der Waals surface area contributed by atoms with Crippen LogP contribution in [0.3, 0.4) is 0 Å². The summed E-state index contributed by atoms with van der Waals surface area (Å²) in [6.07, 6.45) is 5.69. The van der Waals surface area contributed by atoms with Gasteiger partial charge in [0.1, 0.15) is 0 Å². The van der Waals surface area contributed by atoms with E-state index in [4.69, 9.17) is 11.8 Å². The fourth-order valence-corrected chi connectivity index (χ4v) is 2.26. The Hall–Kier alpha value is -0.550. The summed E-state index contributed by atoms with van der Waals surface area (Å²) in [7, 11) is 0. The second kappa shape index (κ2) is 8.07. The second-order valence-electron chi connectivity index (χ2n) is 3.90. The Morgan fingerprint density at radius 3 is 2.54 bits per heavy atom. The summed E-state index contributed by atoms with van der Waals surface area (Å²) in [5.41, 5.74) is 0. The predicted octanol–water partition coefficient (Wildman–Crippen LogP) is 1.20. The summed E-state index contributed by atoms with van der Waals surface area (Å²) in [6, 6.07) is 0. The Kier molecular flexibility index (Phi) is 7.73. The maximum absolute atomic E-state index is 6.25. The third kappa shape index (κ3) is 4.90. The average Bonchev–Trinajstić information content (AvgIpc) is 2.58. The lowest BCUT2D eigenvalue weighted by Gasteiger charge is -2.11. The molecule has 0 bridgehead atoms. The molecule has 76 valence electrons. The van der Waals surface area contributed by atoms with Gasteiger partial charge in [0.15, 0.2) is 0 Å². The molecular weight excluding hydrogens is 160 g/mol. The van der Waals surface area contributed by atoms with Gasteiger partial charge in [0.25, 0.3) is 0 Å². The third-order valence-electron chi connectivity index (χ3n) is 2.78. The van der Waals surface area contributed by atoms with E-state index in [0.717, 1.165) is 5.92 Å². The Morgan fingerprint density at radius 2 is 2.00 bits per heavy atom. The van der Waals surface area contributed by atoms with Crippen LogP contribution in [0.15, 0.2) is 0 Å². The van der Waals surface area contributed by atoms with Gasteiger partial charge in [-0.15, -0.1) is 0 Å². The van der Waals surface area contributed by atoms with E-state index in [1.807, 2.05) is 4.90 Å². The maximum atomic E-state index is 6.25. The van der Waals surface area contributed by atoms with Gasteiger partial charge in [-0.25, -0.2) is 0 Å². The van der Waals surface area contributed by atoms with Crippen molar-refractivity contribution in [1.29, 1.82) is 5.26 Å². The molecule has 2 atom stereocenters. The van der Waals surface area contributed by atoms with Gasteiger partial charge in [-0.2, -0.15) is 0 Å². The first-order valence-electron chi connectivity index (χ1n) is 5.42. The molecular formula is C11H22N2. The standard InChI is InChI=1S/C10H21N.CN/c1-3-5-10-6-8-11(9-10)7-4-2;1-2/h10H,3-9H2,1-2H3;/q;-1/p+1. The zero-order valence-corrected chi connectivity index (χ0v) is 8.97. The highest BCUT2D eigenvalue weighted by atomic mass is 15.1. The molecule has 2 nitrogen and oxygen atoms in total. The highest BCUT2D eigenvalue weighted by molar-refractivity contribution is 4.61. The zero-order valence-electron chi connectivity index (χ0n) is 8.97. The van der Waals surface area contributed by atoms with Crippen molar-refractivity contribution in [2.24, 2.45) is 5.92 Å². The molecule has 2 unspecified atom stereocenters. The van der Waals surface area contributed by atoms with Gasteiger partial charge in [-0.05, 0) is 12.8 Å². The molecule has 0 spiro atoms. The normalized spacial score (nSPS) is 26.5. The monoisotopic (exact) mass is 182 g/mol. The van der Waals surface area contributed by atoms with E-state index in [9.17, 15) is 0 Å². The van der Waals surface area contributed by atoms with Crippen LogP contribution in [-0.2, 0) is 0 Å². The van der Waals surface area contributed by atoms with Crippen molar-refractivity contribution in [1.82, 2.24) is 0 Å². The van der Waals surface area contributed by atoms with Crippen LogP contribution in [0.2, 0.25) is 0 Å². The first kappa shape index (κ1) is 12.4. The quantitative estimate of drug-likeness (QED) is 0.650. The van der Waals surface area contributed by atoms with Crippen LogP contribution in [-0.4, -0.2) is 19.6 Å². The lowest BCUT2D eigenvalue weighted by molar-refractivity contribution is -0.889. The van der Waals surface area contributed by atoms with E-state index >= 15 is 0 Å². The molecule has 0 aliphatic carbocycles. The Balaban J connectivity index is 0.000000671. The number of rotatable bonds is 4. The largest absolute Gasteiger partial charge is 0.512 e. The number of nitrogens with one attached hydrogen (secondary N) is 1. The molecule has 1 aliphatic rings. The van der Waals surface area contributed by atoms with E-state index in [0.29, 0.717) is 0 Å². The van der Waals surface area contributed by atoms with Crippen molar-refractivity contribution in [3.63, 3.8) is 0 Å². The molecule has 0 aromatic rings. The first-order chi connectivity index (χ1) is 6.36. The molecule has 0 amide bonds. The van der Waals surface area contributed by atoms with Gasteiger partial charge in [0, 0.05) is 12.3 Å². The smallest absolute Gasteiger partial charge is 0.0801 e. The second-order valence-corrected chi connectivity index (χ2v) is 3.90. The average molecular weight is 182 g/mol. The lowest BCUT2D eigenvalue weighted by atomic mass is 10.0. The lowest BCUT2D eigenvalue weighted by Crippen LogP contribution is -3.10. The van der Waals surface area contributed by atoms with Crippen LogP contribution in [0.1, 0.15) is 39.5 Å². The van der Waals surface area contributed by atoms with Crippen molar-refractivity contribution in [2.75, 3.05) is 19.6 Å². The highest BCUT2D eigenvalue weighted by Gasteiger charge is 2.23. The molecule has 2 heteroatoms. The number of hydrogen-bond acceptors (Lipinski definition) is 1. The number of quaternary nitrogens is 1. The summed E-state index contributed by atoms with van der Waals surface area (Å²) in [5.74, 6) is 1.06. The predicted molar refractivity (Wildman–Crippen MR) is 53.8 cm³/mol. The molecule has 1 N–H and O–H groups in total. The minimum atomic E-state index is 1.06. The Labute approximate surface area is 82.5 Å². The fourth-order valence-electron chi connectivity index (χ4n) is 2.26. The maximum Gasteiger partial charge on any atom is 0.0801 e. The number of hydrogen-bond donors (Lipinski definition) is 1. The SMILES string of the molecule is CCCC1CC[NH+](CCC)C1.[C-]#N. The van der Waals surface area contributed by atoms with Crippen LogP contribution in [0.4, 0.5) is 0 Å². The summed E-state index contributed by atoms with van der Waals surface area (Å²) >= 11 is 0. The molecule has 1 saturated heterocycles. The minimum Gasteiger partial charge on any atom is -0.512 e. The number of likely N-dealkylation sites (tertiary alicyclic amines) is 1. The van der Waals surface area contributed by atoms with Gasteiger partial charge in [-0.1, -0.05) is 20.3 Å². The van der Waals surface area contributed by atoms with Gasteiger partial charge < -0.3 is 16.7 Å². The molecule has 1 aliphatic heterocycles.